The minimum absolute atomic E-state index is 0.296. The molecule has 0 aliphatic heterocycles. The fourth-order valence-electron chi connectivity index (χ4n) is 2.46. The normalized spacial score (nSPS) is 11.0. The zero-order valence-corrected chi connectivity index (χ0v) is 15.7. The molecule has 9 heteroatoms. The van der Waals surface area contributed by atoms with Gasteiger partial charge in [-0.15, -0.1) is 0 Å². The number of ether oxygens (including phenoxy) is 3. The minimum Gasteiger partial charge on any atom is -0.496 e. The van der Waals surface area contributed by atoms with Crippen LogP contribution in [0.3, 0.4) is 0 Å². The summed E-state index contributed by atoms with van der Waals surface area (Å²) in [6.07, 6.45) is 1.57. The molecule has 27 heavy (non-hydrogen) atoms. The lowest BCUT2D eigenvalue weighted by atomic mass is 10.2. The van der Waals surface area contributed by atoms with Crippen molar-refractivity contribution in [2.75, 3.05) is 21.3 Å². The first kappa shape index (κ1) is 18.6. The van der Waals surface area contributed by atoms with E-state index < -0.39 is 0 Å². The second-order valence-corrected chi connectivity index (χ2v) is 5.75. The Labute approximate surface area is 160 Å². The first-order valence-electron chi connectivity index (χ1n) is 7.85. The lowest BCUT2D eigenvalue weighted by molar-refractivity contribution is 0.349. The highest BCUT2D eigenvalue weighted by Gasteiger charge is 2.12. The van der Waals surface area contributed by atoms with E-state index in [1.165, 1.54) is 16.8 Å². The van der Waals surface area contributed by atoms with Gasteiger partial charge >= 0.3 is 0 Å². The van der Waals surface area contributed by atoms with Gasteiger partial charge in [0.15, 0.2) is 17.3 Å². The van der Waals surface area contributed by atoms with Crippen LogP contribution in [0.25, 0.3) is 11.4 Å². The fourth-order valence-corrected chi connectivity index (χ4v) is 2.64. The molecule has 140 valence electrons. The van der Waals surface area contributed by atoms with Crippen LogP contribution in [0.15, 0.2) is 41.5 Å². The molecule has 0 aliphatic carbocycles. The minimum atomic E-state index is -0.335. The molecule has 1 N–H and O–H groups in total. The number of rotatable bonds is 6. The second-order valence-electron chi connectivity index (χ2n) is 5.36. The van der Waals surface area contributed by atoms with Crippen LogP contribution in [-0.4, -0.2) is 42.4 Å². The number of methoxy groups -OCH3 is 3. The van der Waals surface area contributed by atoms with Crippen molar-refractivity contribution in [3.63, 3.8) is 0 Å². The van der Waals surface area contributed by atoms with Crippen LogP contribution < -0.4 is 14.2 Å². The molecule has 0 saturated heterocycles. The number of nitrogens with one attached hydrogen (secondary N) is 1. The Hall–Kier alpha value is -3.20. The predicted octanol–water partition coefficient (Wildman–Crippen LogP) is 3.65. The van der Waals surface area contributed by atoms with Crippen LogP contribution in [0.5, 0.6) is 17.2 Å². The van der Waals surface area contributed by atoms with E-state index in [1.807, 2.05) is 0 Å². The van der Waals surface area contributed by atoms with Crippen molar-refractivity contribution >= 4 is 18.4 Å². The number of aromatic nitrogens is 3. The molecular formula is C18H17FN4O3S. The number of halogens is 1. The van der Waals surface area contributed by atoms with Crippen LogP contribution in [0.2, 0.25) is 0 Å². The van der Waals surface area contributed by atoms with E-state index in [-0.39, 0.29) is 5.82 Å². The van der Waals surface area contributed by atoms with Gasteiger partial charge in [-0.2, -0.15) is 14.9 Å². The van der Waals surface area contributed by atoms with Crippen molar-refractivity contribution in [3.05, 3.63) is 52.5 Å². The van der Waals surface area contributed by atoms with E-state index in [0.717, 1.165) is 0 Å². The van der Waals surface area contributed by atoms with E-state index in [2.05, 4.69) is 15.3 Å². The zero-order valence-electron chi connectivity index (χ0n) is 14.9. The number of nitrogens with zero attached hydrogens (tertiary/aromatic N) is 3. The largest absolute Gasteiger partial charge is 0.496 e. The Balaban J connectivity index is 2.03. The Morgan fingerprint density at radius 1 is 1.04 bits per heavy atom. The predicted molar refractivity (Wildman–Crippen MR) is 102 cm³/mol. The van der Waals surface area contributed by atoms with Crippen molar-refractivity contribution in [1.82, 2.24) is 14.9 Å². The molecular weight excluding hydrogens is 371 g/mol. The molecule has 7 nitrogen and oxygen atoms in total. The number of benzene rings is 2. The first-order valence-corrected chi connectivity index (χ1v) is 8.26. The van der Waals surface area contributed by atoms with Gasteiger partial charge in [0.2, 0.25) is 4.77 Å². The highest BCUT2D eigenvalue weighted by Crippen LogP contribution is 2.33. The molecule has 3 aromatic rings. The van der Waals surface area contributed by atoms with Crippen molar-refractivity contribution in [3.8, 4) is 28.6 Å². The van der Waals surface area contributed by atoms with Crippen molar-refractivity contribution in [1.29, 1.82) is 0 Å². The van der Waals surface area contributed by atoms with Crippen LogP contribution in [0.1, 0.15) is 5.56 Å². The molecule has 0 aliphatic rings. The maximum atomic E-state index is 13.2. The van der Waals surface area contributed by atoms with E-state index in [1.54, 1.807) is 51.8 Å². The van der Waals surface area contributed by atoms with Gasteiger partial charge < -0.3 is 14.2 Å². The maximum absolute atomic E-state index is 13.2. The highest BCUT2D eigenvalue weighted by molar-refractivity contribution is 7.71. The Morgan fingerprint density at radius 3 is 2.30 bits per heavy atom. The number of aromatic amines is 1. The smallest absolute Gasteiger partial charge is 0.216 e. The summed E-state index contributed by atoms with van der Waals surface area (Å²) < 4.78 is 30.9. The van der Waals surface area contributed by atoms with Gasteiger partial charge in [-0.25, -0.2) is 9.49 Å². The quantitative estimate of drug-likeness (QED) is 0.515. The summed E-state index contributed by atoms with van der Waals surface area (Å²) in [6.45, 7) is 0. The van der Waals surface area contributed by atoms with E-state index in [0.29, 0.717) is 39.0 Å². The Kier molecular flexibility index (Phi) is 5.51. The van der Waals surface area contributed by atoms with Gasteiger partial charge in [0.05, 0.1) is 27.5 Å². The van der Waals surface area contributed by atoms with Crippen LogP contribution in [0, 0.1) is 10.6 Å². The highest BCUT2D eigenvalue weighted by atomic mass is 32.1. The summed E-state index contributed by atoms with van der Waals surface area (Å²) in [7, 11) is 4.64. The number of hydrogen-bond acceptors (Lipinski definition) is 6. The molecule has 3 rings (SSSR count). The van der Waals surface area contributed by atoms with Gasteiger partial charge in [0.1, 0.15) is 11.6 Å². The zero-order chi connectivity index (χ0) is 19.4. The molecule has 0 bridgehead atoms. The van der Waals surface area contributed by atoms with Gasteiger partial charge in [-0.3, -0.25) is 0 Å². The van der Waals surface area contributed by atoms with Crippen LogP contribution >= 0.6 is 12.2 Å². The summed E-state index contributed by atoms with van der Waals surface area (Å²) in [5, 5.41) is 11.3. The molecule has 1 heterocycles. The van der Waals surface area contributed by atoms with Crippen molar-refractivity contribution in [2.45, 2.75) is 0 Å². The van der Waals surface area contributed by atoms with Crippen LogP contribution in [0.4, 0.5) is 4.39 Å². The SMILES string of the molecule is COc1cc(OC)c(OC)cc1/C=N\n1c(-c2ccc(F)cc2)n[nH]c1=S. The summed E-state index contributed by atoms with van der Waals surface area (Å²) in [4.78, 5) is 0. The summed E-state index contributed by atoms with van der Waals surface area (Å²) >= 11 is 5.24. The molecule has 0 unspecified atom stereocenters. The molecule has 0 amide bonds. The van der Waals surface area contributed by atoms with E-state index >= 15 is 0 Å². The standard InChI is InChI=1S/C18H17FN4O3S/c1-24-14-9-16(26-3)15(25-2)8-12(14)10-20-23-17(21-22-18(23)27)11-4-6-13(19)7-5-11/h4-10H,1-3H3,(H,22,27)/b20-10-. The Morgan fingerprint density at radius 2 is 1.67 bits per heavy atom. The molecule has 0 fully saturated rings. The molecule has 0 spiro atoms. The average molecular weight is 388 g/mol. The van der Waals surface area contributed by atoms with Gasteiger partial charge in [0, 0.05) is 17.2 Å². The van der Waals surface area contributed by atoms with Crippen molar-refractivity contribution in [2.24, 2.45) is 5.10 Å². The second kappa shape index (κ2) is 8.00. The fraction of sp³-hybridized carbons (Fsp3) is 0.167. The number of hydrogen-bond donors (Lipinski definition) is 1. The lowest BCUT2D eigenvalue weighted by Gasteiger charge is -2.11. The Bertz CT molecular complexity index is 1030. The van der Waals surface area contributed by atoms with E-state index in [9.17, 15) is 4.39 Å². The average Bonchev–Trinajstić information content (AvgIpc) is 3.06. The monoisotopic (exact) mass is 388 g/mol. The maximum Gasteiger partial charge on any atom is 0.216 e. The molecule has 0 radical (unpaired) electrons. The molecule has 1 aromatic heterocycles. The summed E-state index contributed by atoms with van der Waals surface area (Å²) in [5.74, 6) is 1.75. The lowest BCUT2D eigenvalue weighted by Crippen LogP contribution is -1.99. The van der Waals surface area contributed by atoms with Gasteiger partial charge in [-0.05, 0) is 42.5 Å². The molecule has 0 atom stereocenters. The first-order chi connectivity index (χ1) is 13.1. The third kappa shape index (κ3) is 3.82. The van der Waals surface area contributed by atoms with Crippen LogP contribution in [-0.2, 0) is 0 Å². The van der Waals surface area contributed by atoms with Gasteiger partial charge in [0.25, 0.3) is 0 Å². The molecule has 0 saturated carbocycles. The topological polar surface area (TPSA) is 73.7 Å². The van der Waals surface area contributed by atoms with Crippen molar-refractivity contribution < 1.29 is 18.6 Å². The number of H-pyrrole nitrogens is 1. The molecule has 2 aromatic carbocycles. The third-order valence-corrected chi connectivity index (χ3v) is 4.07. The summed E-state index contributed by atoms with van der Waals surface area (Å²) in [6, 6.07) is 9.34. The van der Waals surface area contributed by atoms with E-state index in [4.69, 9.17) is 26.4 Å². The summed E-state index contributed by atoms with van der Waals surface area (Å²) in [5.41, 5.74) is 1.32. The third-order valence-electron chi connectivity index (χ3n) is 3.80. The van der Waals surface area contributed by atoms with Gasteiger partial charge in [-0.1, -0.05) is 0 Å².